The average molecular weight is 291 g/mol. The van der Waals surface area contributed by atoms with Crippen LogP contribution in [0, 0.1) is 11.3 Å². The molecule has 2 aliphatic carbocycles. The van der Waals surface area contributed by atoms with Gasteiger partial charge in [-0.15, -0.1) is 0 Å². The average Bonchev–Trinajstić information content (AvgIpc) is 2.93. The zero-order valence-corrected chi connectivity index (χ0v) is 12.4. The second-order valence-electron chi connectivity index (χ2n) is 6.73. The van der Waals surface area contributed by atoms with E-state index in [1.165, 1.54) is 20.0 Å². The fourth-order valence-corrected chi connectivity index (χ4v) is 4.08. The Morgan fingerprint density at radius 2 is 2.33 bits per heavy atom. The minimum Gasteiger partial charge on any atom is -0.469 e. The quantitative estimate of drug-likeness (QED) is 0.787. The van der Waals surface area contributed by atoms with E-state index >= 15 is 0 Å². The topological polar surface area (TPSA) is 68.5 Å². The maximum Gasteiger partial charge on any atom is 0.313 e. The Bertz CT molecular complexity index is 554. The monoisotopic (exact) mass is 291 g/mol. The Hall–Kier alpha value is -1.43. The van der Waals surface area contributed by atoms with Crippen molar-refractivity contribution in [2.24, 2.45) is 11.3 Å². The number of rotatable bonds is 4. The van der Waals surface area contributed by atoms with Crippen molar-refractivity contribution in [2.75, 3.05) is 20.2 Å². The molecule has 0 radical (unpaired) electrons. The molecule has 1 aromatic rings. The van der Waals surface area contributed by atoms with Crippen LogP contribution in [0.4, 0.5) is 0 Å². The van der Waals surface area contributed by atoms with Crippen LogP contribution < -0.4 is 0 Å². The van der Waals surface area contributed by atoms with Gasteiger partial charge in [-0.05, 0) is 31.6 Å². The summed E-state index contributed by atoms with van der Waals surface area (Å²) in [7, 11) is 1.50. The summed E-state index contributed by atoms with van der Waals surface area (Å²) in [4.78, 5) is 19.0. The Kier molecular flexibility index (Phi) is 3.03. The van der Waals surface area contributed by atoms with Crippen molar-refractivity contribution in [1.82, 2.24) is 15.0 Å². The van der Waals surface area contributed by atoms with Crippen molar-refractivity contribution < 1.29 is 14.1 Å². The van der Waals surface area contributed by atoms with Crippen LogP contribution in [-0.2, 0) is 16.1 Å². The van der Waals surface area contributed by atoms with E-state index in [-0.39, 0.29) is 11.4 Å². The van der Waals surface area contributed by atoms with Crippen molar-refractivity contribution >= 4 is 5.97 Å². The van der Waals surface area contributed by atoms with Gasteiger partial charge < -0.3 is 9.26 Å². The zero-order valence-electron chi connectivity index (χ0n) is 12.4. The molecule has 0 bridgehead atoms. The molecule has 3 fully saturated rings. The third kappa shape index (κ3) is 2.16. The first kappa shape index (κ1) is 13.2. The van der Waals surface area contributed by atoms with E-state index in [9.17, 15) is 4.79 Å². The highest BCUT2D eigenvalue weighted by molar-refractivity contribution is 5.78. The Morgan fingerprint density at radius 3 is 3.10 bits per heavy atom. The molecule has 1 aromatic heterocycles. The predicted molar refractivity (Wildman–Crippen MR) is 73.3 cm³/mol. The van der Waals surface area contributed by atoms with E-state index in [4.69, 9.17) is 9.26 Å². The van der Waals surface area contributed by atoms with Crippen molar-refractivity contribution in [2.45, 2.75) is 44.6 Å². The summed E-state index contributed by atoms with van der Waals surface area (Å²) < 4.78 is 10.4. The molecule has 114 valence electrons. The minimum atomic E-state index is -0.298. The Morgan fingerprint density at radius 1 is 1.48 bits per heavy atom. The summed E-state index contributed by atoms with van der Waals surface area (Å²) in [5, 5.41) is 4.06. The van der Waals surface area contributed by atoms with Gasteiger partial charge in [-0.2, -0.15) is 4.98 Å². The normalized spacial score (nSPS) is 32.3. The van der Waals surface area contributed by atoms with E-state index in [2.05, 4.69) is 15.0 Å². The first-order valence-corrected chi connectivity index (χ1v) is 7.84. The van der Waals surface area contributed by atoms with Crippen LogP contribution in [0.15, 0.2) is 4.52 Å². The first-order valence-electron chi connectivity index (χ1n) is 7.84. The maximum atomic E-state index is 12.2. The summed E-state index contributed by atoms with van der Waals surface area (Å²) in [5.41, 5.74) is -0.298. The van der Waals surface area contributed by atoms with E-state index in [0.717, 1.165) is 38.2 Å². The highest BCUT2D eigenvalue weighted by Crippen LogP contribution is 2.49. The minimum absolute atomic E-state index is 0.0447. The first-order chi connectivity index (χ1) is 10.2. The number of likely N-dealkylation sites (tertiary alicyclic amines) is 1. The molecular formula is C15H21N3O3. The summed E-state index contributed by atoms with van der Waals surface area (Å²) in [6.45, 7) is 2.33. The number of fused-ring (bicyclic) bond motifs is 1. The van der Waals surface area contributed by atoms with Gasteiger partial charge in [0.15, 0.2) is 5.82 Å². The smallest absolute Gasteiger partial charge is 0.313 e. The lowest BCUT2D eigenvalue weighted by atomic mass is 9.81. The summed E-state index contributed by atoms with van der Waals surface area (Å²) >= 11 is 0. The molecule has 0 unspecified atom stereocenters. The molecule has 0 N–H and O–H groups in total. The van der Waals surface area contributed by atoms with Crippen LogP contribution in [0.2, 0.25) is 0 Å². The number of hydrogen-bond donors (Lipinski definition) is 0. The molecule has 3 aliphatic rings. The standard InChI is InChI=1S/C15H21N3O3/c1-20-14(19)15-6-2-3-11(15)7-18(9-15)8-12-16-13(17-21-12)10-4-5-10/h10-11H,2-9H2,1H3/t11-,15+/m0/s1. The number of aromatic nitrogens is 2. The van der Waals surface area contributed by atoms with Gasteiger partial charge in [0.05, 0.1) is 19.1 Å². The zero-order chi connectivity index (χ0) is 14.4. The highest BCUT2D eigenvalue weighted by atomic mass is 16.5. The maximum absolute atomic E-state index is 12.2. The number of esters is 1. The molecule has 0 amide bonds. The van der Waals surface area contributed by atoms with Crippen LogP contribution in [-0.4, -0.2) is 41.2 Å². The third-order valence-corrected chi connectivity index (χ3v) is 5.32. The van der Waals surface area contributed by atoms with Gasteiger partial charge in [-0.3, -0.25) is 9.69 Å². The number of carbonyl (C=O) groups excluding carboxylic acids is 1. The lowest BCUT2D eigenvalue weighted by molar-refractivity contribution is -0.153. The number of hydrogen-bond acceptors (Lipinski definition) is 6. The van der Waals surface area contributed by atoms with Gasteiger partial charge in [0, 0.05) is 19.0 Å². The van der Waals surface area contributed by atoms with E-state index < -0.39 is 0 Å². The van der Waals surface area contributed by atoms with Crippen LogP contribution in [0.25, 0.3) is 0 Å². The molecule has 2 saturated carbocycles. The molecule has 1 saturated heterocycles. The fourth-order valence-electron chi connectivity index (χ4n) is 4.08. The molecule has 21 heavy (non-hydrogen) atoms. The molecule has 2 heterocycles. The number of methoxy groups -OCH3 is 1. The lowest BCUT2D eigenvalue weighted by Crippen LogP contribution is -2.36. The molecule has 0 aromatic carbocycles. The predicted octanol–water partition coefficient (Wildman–Crippen LogP) is 1.72. The lowest BCUT2D eigenvalue weighted by Gasteiger charge is -2.25. The van der Waals surface area contributed by atoms with Crippen LogP contribution in [0.1, 0.15) is 49.7 Å². The van der Waals surface area contributed by atoms with Gasteiger partial charge in [0.25, 0.3) is 0 Å². The van der Waals surface area contributed by atoms with Crippen molar-refractivity contribution in [3.8, 4) is 0 Å². The summed E-state index contributed by atoms with van der Waals surface area (Å²) in [5.74, 6) is 2.42. The summed E-state index contributed by atoms with van der Waals surface area (Å²) in [6.07, 6.45) is 5.53. The highest BCUT2D eigenvalue weighted by Gasteiger charge is 2.55. The van der Waals surface area contributed by atoms with Gasteiger partial charge in [-0.1, -0.05) is 11.6 Å². The van der Waals surface area contributed by atoms with Gasteiger partial charge >= 0.3 is 5.97 Å². The second kappa shape index (κ2) is 4.80. The van der Waals surface area contributed by atoms with Crippen molar-refractivity contribution in [3.05, 3.63) is 11.7 Å². The van der Waals surface area contributed by atoms with E-state index in [0.29, 0.717) is 24.3 Å². The second-order valence-corrected chi connectivity index (χ2v) is 6.73. The molecule has 1 aliphatic heterocycles. The molecular weight excluding hydrogens is 270 g/mol. The molecule has 6 nitrogen and oxygen atoms in total. The number of ether oxygens (including phenoxy) is 1. The number of nitrogens with zero attached hydrogens (tertiary/aromatic N) is 3. The SMILES string of the molecule is COC(=O)[C@@]12CCC[C@H]1CN(Cc1nc(C3CC3)no1)C2. The van der Waals surface area contributed by atoms with Crippen LogP contribution in [0.5, 0.6) is 0 Å². The molecule has 4 rings (SSSR count). The third-order valence-electron chi connectivity index (χ3n) is 5.32. The van der Waals surface area contributed by atoms with Crippen LogP contribution in [0.3, 0.4) is 0 Å². The van der Waals surface area contributed by atoms with Gasteiger partial charge in [0.1, 0.15) is 0 Å². The molecule has 0 spiro atoms. The summed E-state index contributed by atoms with van der Waals surface area (Å²) in [6, 6.07) is 0. The Balaban J connectivity index is 1.46. The number of carbonyl (C=O) groups is 1. The van der Waals surface area contributed by atoms with Crippen molar-refractivity contribution in [3.63, 3.8) is 0 Å². The fraction of sp³-hybridized carbons (Fsp3) is 0.800. The largest absolute Gasteiger partial charge is 0.469 e. The van der Waals surface area contributed by atoms with Crippen molar-refractivity contribution in [1.29, 1.82) is 0 Å². The van der Waals surface area contributed by atoms with Gasteiger partial charge in [0.2, 0.25) is 5.89 Å². The van der Waals surface area contributed by atoms with E-state index in [1.54, 1.807) is 0 Å². The Labute approximate surface area is 123 Å². The molecule has 6 heteroatoms. The molecule has 2 atom stereocenters. The van der Waals surface area contributed by atoms with E-state index in [1.807, 2.05) is 0 Å². The van der Waals surface area contributed by atoms with Gasteiger partial charge in [-0.25, -0.2) is 0 Å². The van der Waals surface area contributed by atoms with Crippen LogP contribution >= 0.6 is 0 Å².